The molecule has 1 aromatic heterocycles. The van der Waals surface area contributed by atoms with Crippen LogP contribution in [0.1, 0.15) is 58.3 Å². The van der Waals surface area contributed by atoms with Crippen molar-refractivity contribution >= 4 is 28.2 Å². The van der Waals surface area contributed by atoms with E-state index < -0.39 is 17.7 Å². The van der Waals surface area contributed by atoms with Crippen molar-refractivity contribution in [3.63, 3.8) is 0 Å². The molecule has 0 spiro atoms. The van der Waals surface area contributed by atoms with Gasteiger partial charge < -0.3 is 10.4 Å². The smallest absolute Gasteiger partial charge is 0.339 e. The topological polar surface area (TPSA) is 66.4 Å². The molecule has 0 aliphatic heterocycles. The number of carboxylic acids is 1. The van der Waals surface area contributed by atoms with Crippen molar-refractivity contribution in [2.24, 2.45) is 11.3 Å². The molecule has 2 aromatic rings. The molecule has 0 radical (unpaired) electrons. The first-order valence-electron chi connectivity index (χ1n) is 8.62. The highest BCUT2D eigenvalue weighted by Crippen LogP contribution is 2.44. The number of hydrogen-bond acceptors (Lipinski definition) is 3. The lowest BCUT2D eigenvalue weighted by Gasteiger charge is -2.33. The van der Waals surface area contributed by atoms with Gasteiger partial charge in [-0.2, -0.15) is 0 Å². The molecule has 0 saturated carbocycles. The quantitative estimate of drug-likeness (QED) is 0.794. The third kappa shape index (κ3) is 3.51. The van der Waals surface area contributed by atoms with E-state index >= 15 is 0 Å². The van der Waals surface area contributed by atoms with Crippen LogP contribution in [0, 0.1) is 17.2 Å². The van der Waals surface area contributed by atoms with Crippen LogP contribution in [-0.4, -0.2) is 17.0 Å². The summed E-state index contributed by atoms with van der Waals surface area (Å²) in [5, 5.41) is 12.6. The number of rotatable bonds is 3. The van der Waals surface area contributed by atoms with Crippen LogP contribution in [0.15, 0.2) is 24.3 Å². The van der Waals surface area contributed by atoms with E-state index in [0.717, 1.165) is 23.3 Å². The number of amides is 1. The van der Waals surface area contributed by atoms with E-state index in [1.54, 1.807) is 6.07 Å². The minimum absolute atomic E-state index is 0.0946. The van der Waals surface area contributed by atoms with Crippen molar-refractivity contribution in [1.82, 2.24) is 0 Å². The zero-order valence-electron chi connectivity index (χ0n) is 15.1. The fraction of sp³-hybridized carbons (Fsp3) is 0.400. The Morgan fingerprint density at radius 3 is 2.58 bits per heavy atom. The number of hydrogen-bond donors (Lipinski definition) is 2. The van der Waals surface area contributed by atoms with Gasteiger partial charge >= 0.3 is 5.97 Å². The second-order valence-electron chi connectivity index (χ2n) is 7.75. The molecule has 6 heteroatoms. The van der Waals surface area contributed by atoms with Crippen molar-refractivity contribution in [2.45, 2.75) is 40.0 Å². The maximum Gasteiger partial charge on any atom is 0.339 e. The van der Waals surface area contributed by atoms with Gasteiger partial charge in [-0.1, -0.05) is 32.9 Å². The highest BCUT2D eigenvalue weighted by molar-refractivity contribution is 7.17. The van der Waals surface area contributed by atoms with Crippen LogP contribution in [-0.2, 0) is 12.8 Å². The van der Waals surface area contributed by atoms with Crippen molar-refractivity contribution in [2.75, 3.05) is 5.32 Å². The number of benzene rings is 1. The minimum atomic E-state index is -1.06. The van der Waals surface area contributed by atoms with Gasteiger partial charge in [-0.05, 0) is 48.3 Å². The second kappa shape index (κ2) is 6.83. The number of carbonyl (C=O) groups excluding carboxylic acids is 1. The Labute approximate surface area is 156 Å². The second-order valence-corrected chi connectivity index (χ2v) is 8.86. The standard InChI is InChI=1S/C20H22FNO3S/c1-20(2,3)11-8-9-13-15(10-11)26-18(16(13)19(24)25)22-17(23)12-6-4-5-7-14(12)21/h4-7,11H,8-10H2,1-3H3,(H,22,23)(H,24,25). The molecule has 1 heterocycles. The zero-order valence-corrected chi connectivity index (χ0v) is 15.9. The van der Waals surface area contributed by atoms with E-state index in [-0.39, 0.29) is 16.5 Å². The molecule has 0 fully saturated rings. The summed E-state index contributed by atoms with van der Waals surface area (Å²) in [6, 6.07) is 5.67. The van der Waals surface area contributed by atoms with Gasteiger partial charge in [-0.15, -0.1) is 11.3 Å². The molecular formula is C20H22FNO3S. The number of carbonyl (C=O) groups is 2. The molecule has 4 nitrogen and oxygen atoms in total. The zero-order chi connectivity index (χ0) is 19.1. The maximum atomic E-state index is 13.8. The summed E-state index contributed by atoms with van der Waals surface area (Å²) in [5.41, 5.74) is 1.01. The van der Waals surface area contributed by atoms with E-state index in [0.29, 0.717) is 17.3 Å². The molecule has 1 atom stereocenters. The van der Waals surface area contributed by atoms with Crippen LogP contribution in [0.2, 0.25) is 0 Å². The average molecular weight is 375 g/mol. The molecule has 0 saturated heterocycles. The van der Waals surface area contributed by atoms with Gasteiger partial charge in [0.15, 0.2) is 0 Å². The number of nitrogens with one attached hydrogen (secondary N) is 1. The average Bonchev–Trinajstić information content (AvgIpc) is 2.91. The lowest BCUT2D eigenvalue weighted by atomic mass is 9.72. The molecule has 1 aliphatic carbocycles. The highest BCUT2D eigenvalue weighted by atomic mass is 32.1. The SMILES string of the molecule is CC(C)(C)C1CCc2c(sc(NC(=O)c3ccccc3F)c2C(=O)O)C1. The van der Waals surface area contributed by atoms with E-state index in [1.807, 2.05) is 0 Å². The molecule has 3 rings (SSSR count). The number of fused-ring (bicyclic) bond motifs is 1. The third-order valence-corrected chi connectivity index (χ3v) is 6.22. The summed E-state index contributed by atoms with van der Waals surface area (Å²) in [7, 11) is 0. The fourth-order valence-electron chi connectivity index (χ4n) is 3.46. The molecule has 0 bridgehead atoms. The number of aromatic carboxylic acids is 1. The Morgan fingerprint density at radius 2 is 1.96 bits per heavy atom. The Hall–Kier alpha value is -2.21. The van der Waals surface area contributed by atoms with Crippen molar-refractivity contribution < 1.29 is 19.1 Å². The predicted molar refractivity (Wildman–Crippen MR) is 101 cm³/mol. The number of halogens is 1. The fourth-order valence-corrected chi connectivity index (χ4v) is 4.77. The molecule has 1 aromatic carbocycles. The molecule has 1 unspecified atom stereocenters. The maximum absolute atomic E-state index is 13.8. The lowest BCUT2D eigenvalue weighted by Crippen LogP contribution is -2.26. The van der Waals surface area contributed by atoms with Crippen LogP contribution in [0.25, 0.3) is 0 Å². The van der Waals surface area contributed by atoms with Crippen molar-refractivity contribution in [3.05, 3.63) is 51.7 Å². The van der Waals surface area contributed by atoms with Crippen LogP contribution < -0.4 is 5.32 Å². The molecule has 26 heavy (non-hydrogen) atoms. The molecule has 138 valence electrons. The van der Waals surface area contributed by atoms with Crippen LogP contribution >= 0.6 is 11.3 Å². The Balaban J connectivity index is 1.94. The summed E-state index contributed by atoms with van der Waals surface area (Å²) in [5.74, 6) is -1.85. The summed E-state index contributed by atoms with van der Waals surface area (Å²) >= 11 is 1.30. The Morgan fingerprint density at radius 1 is 1.27 bits per heavy atom. The largest absolute Gasteiger partial charge is 0.478 e. The predicted octanol–water partition coefficient (Wildman–Crippen LogP) is 4.99. The Kier molecular flexibility index (Phi) is 4.88. The van der Waals surface area contributed by atoms with Crippen LogP contribution in [0.4, 0.5) is 9.39 Å². The summed E-state index contributed by atoms with van der Waals surface area (Å²) in [4.78, 5) is 25.2. The molecule has 1 aliphatic rings. The van der Waals surface area contributed by atoms with Crippen molar-refractivity contribution in [3.8, 4) is 0 Å². The van der Waals surface area contributed by atoms with E-state index in [2.05, 4.69) is 26.1 Å². The van der Waals surface area contributed by atoms with Gasteiger partial charge in [-0.25, -0.2) is 9.18 Å². The monoisotopic (exact) mass is 375 g/mol. The summed E-state index contributed by atoms with van der Waals surface area (Å²) < 4.78 is 13.8. The number of anilines is 1. The summed E-state index contributed by atoms with van der Waals surface area (Å²) in [6.45, 7) is 6.57. The minimum Gasteiger partial charge on any atom is -0.478 e. The van der Waals surface area contributed by atoms with Gasteiger partial charge in [0.1, 0.15) is 10.8 Å². The third-order valence-electron chi connectivity index (χ3n) is 5.05. The highest BCUT2D eigenvalue weighted by Gasteiger charge is 2.34. The molecular weight excluding hydrogens is 353 g/mol. The van der Waals surface area contributed by atoms with Gasteiger partial charge in [0.2, 0.25) is 0 Å². The molecule has 1 amide bonds. The number of carboxylic acid groups (broad SMARTS) is 1. The van der Waals surface area contributed by atoms with Gasteiger partial charge in [0.05, 0.1) is 11.1 Å². The van der Waals surface area contributed by atoms with E-state index in [1.165, 1.54) is 29.5 Å². The van der Waals surface area contributed by atoms with Crippen molar-refractivity contribution in [1.29, 1.82) is 0 Å². The first-order chi connectivity index (χ1) is 12.2. The summed E-state index contributed by atoms with van der Waals surface area (Å²) in [6.07, 6.45) is 2.42. The van der Waals surface area contributed by atoms with Gasteiger partial charge in [-0.3, -0.25) is 4.79 Å². The normalized spacial score (nSPS) is 16.8. The first kappa shape index (κ1) is 18.6. The first-order valence-corrected chi connectivity index (χ1v) is 9.44. The van der Waals surface area contributed by atoms with Crippen LogP contribution in [0.5, 0.6) is 0 Å². The van der Waals surface area contributed by atoms with E-state index in [4.69, 9.17) is 0 Å². The van der Waals surface area contributed by atoms with E-state index in [9.17, 15) is 19.1 Å². The van der Waals surface area contributed by atoms with Gasteiger partial charge in [0.25, 0.3) is 5.91 Å². The van der Waals surface area contributed by atoms with Gasteiger partial charge in [0, 0.05) is 4.88 Å². The molecule has 2 N–H and O–H groups in total. The number of thiophene rings is 1. The van der Waals surface area contributed by atoms with Crippen LogP contribution in [0.3, 0.4) is 0 Å². The lowest BCUT2D eigenvalue weighted by molar-refractivity contribution is 0.0696. The Bertz CT molecular complexity index is 866.